The molecule has 1 aromatic heterocycles. The summed E-state index contributed by atoms with van der Waals surface area (Å²) in [4.78, 5) is 30.5. The van der Waals surface area contributed by atoms with Crippen molar-refractivity contribution in [3.63, 3.8) is 0 Å². The molecule has 0 aromatic carbocycles. The summed E-state index contributed by atoms with van der Waals surface area (Å²) >= 11 is 0. The van der Waals surface area contributed by atoms with E-state index in [1.54, 1.807) is 4.90 Å². The molecule has 0 bridgehead atoms. The molecule has 0 saturated carbocycles. The highest BCUT2D eigenvalue weighted by Crippen LogP contribution is 2.14. The van der Waals surface area contributed by atoms with Crippen LogP contribution in [-0.2, 0) is 11.3 Å². The van der Waals surface area contributed by atoms with E-state index in [-0.39, 0.29) is 29.6 Å². The zero-order chi connectivity index (χ0) is 18.1. The number of aromatic nitrogens is 1. The van der Waals surface area contributed by atoms with Crippen molar-refractivity contribution >= 4 is 11.8 Å². The van der Waals surface area contributed by atoms with Gasteiger partial charge in [-0.2, -0.15) is 0 Å². The normalized spacial score (nSPS) is 13.4. The van der Waals surface area contributed by atoms with E-state index in [9.17, 15) is 9.59 Å². The van der Waals surface area contributed by atoms with Gasteiger partial charge < -0.3 is 14.6 Å². The van der Waals surface area contributed by atoms with Gasteiger partial charge in [0.25, 0.3) is 5.91 Å². The molecule has 1 aromatic rings. The average molecular weight is 337 g/mol. The number of amides is 2. The lowest BCUT2D eigenvalue weighted by Crippen LogP contribution is -2.37. The number of unbranched alkanes of at least 4 members (excludes halogenated alkanes) is 1. The molecule has 2 amide bonds. The second kappa shape index (κ2) is 10.1. The molecular weight excluding hydrogens is 306 g/mol. The Kier molecular flexibility index (Phi) is 8.50. The van der Waals surface area contributed by atoms with Crippen molar-refractivity contribution < 1.29 is 14.0 Å². The fourth-order valence-electron chi connectivity index (χ4n) is 2.22. The van der Waals surface area contributed by atoms with E-state index in [4.69, 9.17) is 4.42 Å². The summed E-state index contributed by atoms with van der Waals surface area (Å²) in [6.07, 6.45) is 5.46. The minimum absolute atomic E-state index is 0.0879. The van der Waals surface area contributed by atoms with Gasteiger partial charge in [-0.15, -0.1) is 0 Å². The highest BCUT2D eigenvalue weighted by Gasteiger charge is 2.22. The SMILES string of the molecule is CCCCC(=O)N(Cc1nc(C(=O)N[C@@H](C)CC)co1)[C@@H](C)CC. The van der Waals surface area contributed by atoms with Crippen LogP contribution in [0.5, 0.6) is 0 Å². The lowest BCUT2D eigenvalue weighted by molar-refractivity contribution is -0.134. The Bertz CT molecular complexity index is 527. The van der Waals surface area contributed by atoms with Crippen LogP contribution in [-0.4, -0.2) is 33.8 Å². The summed E-state index contributed by atoms with van der Waals surface area (Å²) in [5.74, 6) is 0.260. The highest BCUT2D eigenvalue weighted by atomic mass is 16.3. The van der Waals surface area contributed by atoms with E-state index in [0.29, 0.717) is 18.9 Å². The van der Waals surface area contributed by atoms with Crippen molar-refractivity contribution in [1.29, 1.82) is 0 Å². The third-order valence-electron chi connectivity index (χ3n) is 4.27. The lowest BCUT2D eigenvalue weighted by atomic mass is 10.1. The number of nitrogens with zero attached hydrogens (tertiary/aromatic N) is 2. The van der Waals surface area contributed by atoms with Crippen LogP contribution < -0.4 is 5.32 Å². The maximum absolute atomic E-state index is 12.4. The van der Waals surface area contributed by atoms with Crippen LogP contribution >= 0.6 is 0 Å². The number of carbonyl (C=O) groups excluding carboxylic acids is 2. The molecule has 0 aliphatic carbocycles. The topological polar surface area (TPSA) is 75.4 Å². The van der Waals surface area contributed by atoms with Gasteiger partial charge in [-0.25, -0.2) is 4.98 Å². The van der Waals surface area contributed by atoms with E-state index in [1.165, 1.54) is 6.26 Å². The monoisotopic (exact) mass is 337 g/mol. The van der Waals surface area contributed by atoms with Gasteiger partial charge >= 0.3 is 0 Å². The zero-order valence-corrected chi connectivity index (χ0v) is 15.6. The van der Waals surface area contributed by atoms with Crippen LogP contribution in [0, 0.1) is 0 Å². The van der Waals surface area contributed by atoms with Gasteiger partial charge in [0, 0.05) is 18.5 Å². The maximum Gasteiger partial charge on any atom is 0.273 e. The third kappa shape index (κ3) is 5.98. The highest BCUT2D eigenvalue weighted by molar-refractivity contribution is 5.92. The molecule has 0 aliphatic heterocycles. The number of rotatable bonds is 10. The predicted molar refractivity (Wildman–Crippen MR) is 93.6 cm³/mol. The van der Waals surface area contributed by atoms with Crippen LogP contribution in [0.4, 0.5) is 0 Å². The Labute approximate surface area is 145 Å². The first kappa shape index (κ1) is 20.2. The molecule has 0 spiro atoms. The Morgan fingerprint density at radius 3 is 2.54 bits per heavy atom. The summed E-state index contributed by atoms with van der Waals surface area (Å²) in [5, 5.41) is 2.86. The van der Waals surface area contributed by atoms with Gasteiger partial charge in [-0.3, -0.25) is 9.59 Å². The Morgan fingerprint density at radius 1 is 1.25 bits per heavy atom. The van der Waals surface area contributed by atoms with E-state index in [1.807, 2.05) is 27.7 Å². The first-order chi connectivity index (χ1) is 11.4. The van der Waals surface area contributed by atoms with Gasteiger partial charge in [0.1, 0.15) is 6.26 Å². The van der Waals surface area contributed by atoms with Crippen molar-refractivity contribution in [2.24, 2.45) is 0 Å². The molecule has 6 nitrogen and oxygen atoms in total. The van der Waals surface area contributed by atoms with E-state index >= 15 is 0 Å². The summed E-state index contributed by atoms with van der Waals surface area (Å²) in [7, 11) is 0. The molecule has 2 atom stereocenters. The van der Waals surface area contributed by atoms with Crippen molar-refractivity contribution in [3.05, 3.63) is 17.8 Å². The molecule has 0 aliphatic rings. The fourth-order valence-corrected chi connectivity index (χ4v) is 2.22. The van der Waals surface area contributed by atoms with Crippen LogP contribution in [0.3, 0.4) is 0 Å². The van der Waals surface area contributed by atoms with Crippen LogP contribution in [0.1, 0.15) is 83.1 Å². The Hall–Kier alpha value is -1.85. The second-order valence-electron chi connectivity index (χ2n) is 6.29. The van der Waals surface area contributed by atoms with Gasteiger partial charge in [-0.05, 0) is 33.1 Å². The van der Waals surface area contributed by atoms with E-state index in [2.05, 4.69) is 17.2 Å². The Morgan fingerprint density at radius 2 is 1.96 bits per heavy atom. The quantitative estimate of drug-likeness (QED) is 0.709. The first-order valence-corrected chi connectivity index (χ1v) is 8.97. The molecule has 0 saturated heterocycles. The molecule has 24 heavy (non-hydrogen) atoms. The number of oxazole rings is 1. The van der Waals surface area contributed by atoms with Crippen molar-refractivity contribution in [2.45, 2.75) is 85.4 Å². The predicted octanol–water partition coefficient (Wildman–Crippen LogP) is 3.52. The largest absolute Gasteiger partial charge is 0.446 e. The molecule has 1 rings (SSSR count). The zero-order valence-electron chi connectivity index (χ0n) is 15.6. The molecule has 0 fully saturated rings. The molecule has 6 heteroatoms. The summed E-state index contributed by atoms with van der Waals surface area (Å²) in [6, 6.07) is 0.198. The van der Waals surface area contributed by atoms with Crippen molar-refractivity contribution in [1.82, 2.24) is 15.2 Å². The molecular formula is C18H31N3O3. The summed E-state index contributed by atoms with van der Waals surface area (Å²) in [6.45, 7) is 10.4. The second-order valence-corrected chi connectivity index (χ2v) is 6.29. The first-order valence-electron chi connectivity index (χ1n) is 8.97. The molecule has 0 radical (unpaired) electrons. The Balaban J connectivity index is 2.77. The van der Waals surface area contributed by atoms with Crippen LogP contribution in [0.2, 0.25) is 0 Å². The third-order valence-corrected chi connectivity index (χ3v) is 4.27. The summed E-state index contributed by atoms with van der Waals surface area (Å²) < 4.78 is 5.41. The lowest BCUT2D eigenvalue weighted by Gasteiger charge is -2.27. The van der Waals surface area contributed by atoms with Crippen molar-refractivity contribution in [3.8, 4) is 0 Å². The maximum atomic E-state index is 12.4. The standard InChI is InChI=1S/C18H31N3O3/c1-6-9-10-17(22)21(14(5)8-3)11-16-20-15(12-24-16)18(23)19-13(4)7-2/h12-14H,6-11H2,1-5H3,(H,19,23)/t13-,14-/m0/s1. The van der Waals surface area contributed by atoms with Gasteiger partial charge in [0.15, 0.2) is 5.69 Å². The molecule has 136 valence electrons. The van der Waals surface area contributed by atoms with Gasteiger partial charge in [0.05, 0.1) is 6.54 Å². The van der Waals surface area contributed by atoms with Crippen molar-refractivity contribution in [2.75, 3.05) is 0 Å². The number of carbonyl (C=O) groups is 2. The fraction of sp³-hybridized carbons (Fsp3) is 0.722. The number of nitrogens with one attached hydrogen (secondary N) is 1. The molecule has 0 unspecified atom stereocenters. The molecule has 1 heterocycles. The minimum atomic E-state index is -0.244. The summed E-state index contributed by atoms with van der Waals surface area (Å²) in [5.41, 5.74) is 0.260. The van der Waals surface area contributed by atoms with E-state index in [0.717, 1.165) is 25.7 Å². The van der Waals surface area contributed by atoms with Crippen LogP contribution in [0.15, 0.2) is 10.7 Å². The van der Waals surface area contributed by atoms with Crippen LogP contribution in [0.25, 0.3) is 0 Å². The van der Waals surface area contributed by atoms with E-state index < -0.39 is 0 Å². The van der Waals surface area contributed by atoms with Gasteiger partial charge in [0.2, 0.25) is 11.8 Å². The van der Waals surface area contributed by atoms with Gasteiger partial charge in [-0.1, -0.05) is 27.2 Å². The smallest absolute Gasteiger partial charge is 0.273 e. The number of hydrogen-bond donors (Lipinski definition) is 1. The average Bonchev–Trinajstić information content (AvgIpc) is 3.05. The minimum Gasteiger partial charge on any atom is -0.446 e. The number of hydrogen-bond acceptors (Lipinski definition) is 4. The molecule has 1 N–H and O–H groups in total.